The Hall–Kier alpha value is -1.62. The van der Waals surface area contributed by atoms with Crippen molar-refractivity contribution in [2.45, 2.75) is 0 Å². The summed E-state index contributed by atoms with van der Waals surface area (Å²) in [4.78, 5) is 16.3. The van der Waals surface area contributed by atoms with Gasteiger partial charge in [-0.15, -0.1) is 0 Å². The van der Waals surface area contributed by atoms with Crippen LogP contribution in [0, 0.1) is 0 Å². The predicted octanol–water partition coefficient (Wildman–Crippen LogP) is 4.37. The molecule has 7 heteroatoms. The Balaban J connectivity index is 1.50. The summed E-state index contributed by atoms with van der Waals surface area (Å²) in [5.41, 5.74) is 1.01. The Labute approximate surface area is 161 Å². The third kappa shape index (κ3) is 4.72. The van der Waals surface area contributed by atoms with Crippen LogP contribution < -0.4 is 9.64 Å². The highest BCUT2D eigenvalue weighted by Crippen LogP contribution is 2.27. The maximum atomic E-state index is 12.3. The van der Waals surface area contributed by atoms with E-state index in [0.29, 0.717) is 33.9 Å². The Bertz CT molecular complexity index is 744. The summed E-state index contributed by atoms with van der Waals surface area (Å²) >= 11 is 17.9. The number of piperazine rings is 1. The number of ether oxygens (including phenoxy) is 1. The van der Waals surface area contributed by atoms with E-state index < -0.39 is 0 Å². The first-order chi connectivity index (χ1) is 12.0. The van der Waals surface area contributed by atoms with Crippen LogP contribution in [0.15, 0.2) is 42.5 Å². The zero-order valence-corrected chi connectivity index (χ0v) is 15.7. The number of carbonyl (C=O) groups excluding carboxylic acids is 1. The van der Waals surface area contributed by atoms with Crippen molar-refractivity contribution in [2.75, 3.05) is 37.7 Å². The highest BCUT2D eigenvalue weighted by molar-refractivity contribution is 6.42. The second-order valence-electron chi connectivity index (χ2n) is 5.71. The minimum atomic E-state index is -0.0243. The SMILES string of the molecule is O=C(COc1ccc(Cl)cc1)N1CCN(c2ccc(Cl)c(Cl)c2)CC1. The number of hydrogen-bond donors (Lipinski definition) is 0. The van der Waals surface area contributed by atoms with E-state index in [-0.39, 0.29) is 12.5 Å². The van der Waals surface area contributed by atoms with Crippen molar-refractivity contribution in [3.8, 4) is 5.75 Å². The Kier molecular flexibility index (Phi) is 5.94. The van der Waals surface area contributed by atoms with Gasteiger partial charge in [-0.2, -0.15) is 0 Å². The van der Waals surface area contributed by atoms with Gasteiger partial charge in [0.05, 0.1) is 10.0 Å². The highest BCUT2D eigenvalue weighted by Gasteiger charge is 2.22. The molecule has 1 fully saturated rings. The third-order valence-electron chi connectivity index (χ3n) is 4.08. The molecule has 0 aliphatic carbocycles. The molecule has 1 aliphatic heterocycles. The largest absolute Gasteiger partial charge is 0.484 e. The van der Waals surface area contributed by atoms with Crippen LogP contribution in [0.3, 0.4) is 0 Å². The fourth-order valence-corrected chi connectivity index (χ4v) is 3.08. The molecule has 3 rings (SSSR count). The second kappa shape index (κ2) is 8.17. The maximum absolute atomic E-state index is 12.3. The van der Waals surface area contributed by atoms with Gasteiger partial charge in [0, 0.05) is 36.9 Å². The van der Waals surface area contributed by atoms with Crippen LogP contribution >= 0.6 is 34.8 Å². The van der Waals surface area contributed by atoms with Crippen molar-refractivity contribution < 1.29 is 9.53 Å². The molecule has 0 unspecified atom stereocenters. The van der Waals surface area contributed by atoms with Gasteiger partial charge in [0.1, 0.15) is 5.75 Å². The van der Waals surface area contributed by atoms with Gasteiger partial charge < -0.3 is 14.5 Å². The van der Waals surface area contributed by atoms with E-state index in [1.165, 1.54) is 0 Å². The lowest BCUT2D eigenvalue weighted by molar-refractivity contribution is -0.133. The number of rotatable bonds is 4. The molecular formula is C18H17Cl3N2O2. The van der Waals surface area contributed by atoms with Crippen LogP contribution in [0.4, 0.5) is 5.69 Å². The number of carbonyl (C=O) groups is 1. The van der Waals surface area contributed by atoms with E-state index in [0.717, 1.165) is 18.8 Å². The van der Waals surface area contributed by atoms with E-state index in [1.807, 2.05) is 17.0 Å². The summed E-state index contributed by atoms with van der Waals surface area (Å²) in [7, 11) is 0. The number of amides is 1. The minimum absolute atomic E-state index is 0.0222. The minimum Gasteiger partial charge on any atom is -0.484 e. The lowest BCUT2D eigenvalue weighted by Gasteiger charge is -2.36. The first kappa shape index (κ1) is 18.2. The van der Waals surface area contributed by atoms with Gasteiger partial charge in [-0.1, -0.05) is 34.8 Å². The number of nitrogens with zero attached hydrogens (tertiary/aromatic N) is 2. The normalized spacial score (nSPS) is 14.5. The molecule has 0 saturated carbocycles. The quantitative estimate of drug-likeness (QED) is 0.765. The molecule has 2 aromatic carbocycles. The first-order valence-corrected chi connectivity index (χ1v) is 9.02. The summed E-state index contributed by atoms with van der Waals surface area (Å²) in [5.74, 6) is 0.607. The number of hydrogen-bond acceptors (Lipinski definition) is 3. The molecule has 1 saturated heterocycles. The lowest BCUT2D eigenvalue weighted by atomic mass is 10.2. The average Bonchev–Trinajstić information content (AvgIpc) is 2.63. The van der Waals surface area contributed by atoms with E-state index in [9.17, 15) is 4.79 Å². The standard InChI is InChI=1S/C18H17Cl3N2O2/c19-13-1-4-15(5-2-13)25-12-18(24)23-9-7-22(8-10-23)14-3-6-16(20)17(21)11-14/h1-6,11H,7-10,12H2. The van der Waals surface area contributed by atoms with Crippen molar-refractivity contribution in [3.63, 3.8) is 0 Å². The van der Waals surface area contributed by atoms with E-state index in [1.54, 1.807) is 30.3 Å². The van der Waals surface area contributed by atoms with Crippen molar-refractivity contribution in [3.05, 3.63) is 57.5 Å². The Morgan fingerprint density at radius 1 is 0.920 bits per heavy atom. The maximum Gasteiger partial charge on any atom is 0.260 e. The molecule has 25 heavy (non-hydrogen) atoms. The van der Waals surface area contributed by atoms with Crippen LogP contribution in [0.5, 0.6) is 5.75 Å². The zero-order chi connectivity index (χ0) is 17.8. The first-order valence-electron chi connectivity index (χ1n) is 7.89. The summed E-state index contributed by atoms with van der Waals surface area (Å²) < 4.78 is 5.52. The average molecular weight is 400 g/mol. The fraction of sp³-hybridized carbons (Fsp3) is 0.278. The van der Waals surface area contributed by atoms with Crippen molar-refractivity contribution in [2.24, 2.45) is 0 Å². The topological polar surface area (TPSA) is 32.8 Å². The molecule has 4 nitrogen and oxygen atoms in total. The number of anilines is 1. The number of benzene rings is 2. The summed E-state index contributed by atoms with van der Waals surface area (Å²) in [6.07, 6.45) is 0. The molecule has 0 spiro atoms. The van der Waals surface area contributed by atoms with Gasteiger partial charge in [-0.3, -0.25) is 4.79 Å². The van der Waals surface area contributed by atoms with Gasteiger partial charge in [0.15, 0.2) is 6.61 Å². The monoisotopic (exact) mass is 398 g/mol. The van der Waals surface area contributed by atoms with E-state index >= 15 is 0 Å². The van der Waals surface area contributed by atoms with Crippen LogP contribution in [0.2, 0.25) is 15.1 Å². The molecule has 1 aliphatic rings. The van der Waals surface area contributed by atoms with E-state index in [4.69, 9.17) is 39.5 Å². The molecule has 0 aromatic heterocycles. The van der Waals surface area contributed by atoms with Gasteiger partial charge in [-0.05, 0) is 42.5 Å². The van der Waals surface area contributed by atoms with Crippen LogP contribution in [0.25, 0.3) is 0 Å². The Morgan fingerprint density at radius 2 is 1.60 bits per heavy atom. The van der Waals surface area contributed by atoms with Gasteiger partial charge in [-0.25, -0.2) is 0 Å². The summed E-state index contributed by atoms with van der Waals surface area (Å²) in [5, 5.41) is 1.71. The molecule has 1 heterocycles. The molecule has 1 amide bonds. The third-order valence-corrected chi connectivity index (χ3v) is 5.07. The van der Waals surface area contributed by atoms with Gasteiger partial charge in [0.25, 0.3) is 5.91 Å². The summed E-state index contributed by atoms with van der Waals surface area (Å²) in [6, 6.07) is 12.5. The van der Waals surface area contributed by atoms with Gasteiger partial charge >= 0.3 is 0 Å². The van der Waals surface area contributed by atoms with Crippen molar-refractivity contribution in [1.82, 2.24) is 4.90 Å². The molecule has 0 N–H and O–H groups in total. The van der Waals surface area contributed by atoms with Crippen molar-refractivity contribution >= 4 is 46.4 Å². The van der Waals surface area contributed by atoms with Crippen LogP contribution in [0.1, 0.15) is 0 Å². The molecule has 0 atom stereocenters. The van der Waals surface area contributed by atoms with Crippen LogP contribution in [-0.4, -0.2) is 43.6 Å². The fourth-order valence-electron chi connectivity index (χ4n) is 2.66. The smallest absolute Gasteiger partial charge is 0.260 e. The second-order valence-corrected chi connectivity index (χ2v) is 6.96. The number of halogens is 3. The zero-order valence-electron chi connectivity index (χ0n) is 13.4. The van der Waals surface area contributed by atoms with Gasteiger partial charge in [0.2, 0.25) is 0 Å². The highest BCUT2D eigenvalue weighted by atomic mass is 35.5. The van der Waals surface area contributed by atoms with Crippen molar-refractivity contribution in [1.29, 1.82) is 0 Å². The lowest BCUT2D eigenvalue weighted by Crippen LogP contribution is -2.50. The summed E-state index contributed by atoms with van der Waals surface area (Å²) in [6.45, 7) is 2.79. The van der Waals surface area contributed by atoms with Crippen LogP contribution in [-0.2, 0) is 4.79 Å². The molecule has 132 valence electrons. The Morgan fingerprint density at radius 3 is 2.24 bits per heavy atom. The molecule has 0 bridgehead atoms. The molecular weight excluding hydrogens is 383 g/mol. The molecule has 0 radical (unpaired) electrons. The predicted molar refractivity (Wildman–Crippen MR) is 102 cm³/mol. The van der Waals surface area contributed by atoms with E-state index in [2.05, 4.69) is 4.90 Å². The molecule has 2 aromatic rings.